The molecule has 0 unspecified atom stereocenters. The Morgan fingerprint density at radius 3 is 2.40 bits per heavy atom. The molecule has 0 bridgehead atoms. The zero-order valence-corrected chi connectivity index (χ0v) is 13.3. The lowest BCUT2D eigenvalue weighted by atomic mass is 10.1. The SMILES string of the molecule is Cc1cc(N2CCN(CC(C)C)CC2)c(CN)c(C)n1. The quantitative estimate of drug-likeness (QED) is 0.913. The fraction of sp³-hybridized carbons (Fsp3) is 0.688. The normalized spacial score (nSPS) is 17.0. The first-order chi connectivity index (χ1) is 9.51. The molecule has 4 nitrogen and oxygen atoms in total. The molecule has 1 aromatic rings. The van der Waals surface area contributed by atoms with Gasteiger partial charge in [0.15, 0.2) is 0 Å². The lowest BCUT2D eigenvalue weighted by Gasteiger charge is -2.38. The summed E-state index contributed by atoms with van der Waals surface area (Å²) in [5.74, 6) is 0.742. The lowest BCUT2D eigenvalue weighted by molar-refractivity contribution is 0.231. The van der Waals surface area contributed by atoms with Gasteiger partial charge in [-0.15, -0.1) is 0 Å². The van der Waals surface area contributed by atoms with Crippen molar-refractivity contribution in [1.29, 1.82) is 0 Å². The van der Waals surface area contributed by atoms with E-state index < -0.39 is 0 Å². The van der Waals surface area contributed by atoms with Crippen LogP contribution in [0.25, 0.3) is 0 Å². The highest BCUT2D eigenvalue weighted by molar-refractivity contribution is 5.56. The minimum absolute atomic E-state index is 0.570. The minimum Gasteiger partial charge on any atom is -0.369 e. The molecule has 1 aliphatic rings. The largest absolute Gasteiger partial charge is 0.369 e. The summed E-state index contributed by atoms with van der Waals surface area (Å²) in [6.45, 7) is 14.9. The summed E-state index contributed by atoms with van der Waals surface area (Å²) in [6, 6.07) is 2.19. The van der Waals surface area contributed by atoms with Crippen molar-refractivity contribution in [3.8, 4) is 0 Å². The van der Waals surface area contributed by atoms with Crippen molar-refractivity contribution in [3.05, 3.63) is 23.0 Å². The smallest absolute Gasteiger partial charge is 0.0449 e. The molecule has 2 N–H and O–H groups in total. The highest BCUT2D eigenvalue weighted by atomic mass is 15.3. The number of hydrogen-bond acceptors (Lipinski definition) is 4. The van der Waals surface area contributed by atoms with Gasteiger partial charge in [0.25, 0.3) is 0 Å². The van der Waals surface area contributed by atoms with Crippen molar-refractivity contribution in [2.45, 2.75) is 34.2 Å². The van der Waals surface area contributed by atoms with E-state index in [0.29, 0.717) is 6.54 Å². The Balaban J connectivity index is 2.10. The van der Waals surface area contributed by atoms with Crippen LogP contribution in [0.3, 0.4) is 0 Å². The van der Waals surface area contributed by atoms with Crippen molar-refractivity contribution in [2.24, 2.45) is 11.7 Å². The molecule has 0 radical (unpaired) electrons. The predicted octanol–water partition coefficient (Wildman–Crippen LogP) is 1.94. The molecule has 0 saturated carbocycles. The number of aryl methyl sites for hydroxylation is 2. The van der Waals surface area contributed by atoms with Gasteiger partial charge in [-0.05, 0) is 25.8 Å². The van der Waals surface area contributed by atoms with Gasteiger partial charge in [-0.1, -0.05) is 13.8 Å². The number of piperazine rings is 1. The van der Waals surface area contributed by atoms with Crippen molar-refractivity contribution >= 4 is 5.69 Å². The fourth-order valence-corrected chi connectivity index (χ4v) is 3.06. The summed E-state index contributed by atoms with van der Waals surface area (Å²) in [4.78, 5) is 9.57. The highest BCUT2D eigenvalue weighted by Gasteiger charge is 2.20. The van der Waals surface area contributed by atoms with Crippen molar-refractivity contribution < 1.29 is 0 Å². The maximum atomic E-state index is 5.92. The number of nitrogens with zero attached hydrogens (tertiary/aromatic N) is 3. The second kappa shape index (κ2) is 6.55. The molecule has 1 fully saturated rings. The van der Waals surface area contributed by atoms with Crippen LogP contribution in [0.5, 0.6) is 0 Å². The van der Waals surface area contributed by atoms with Gasteiger partial charge in [-0.2, -0.15) is 0 Å². The Labute approximate surface area is 123 Å². The van der Waals surface area contributed by atoms with Crippen LogP contribution in [0.2, 0.25) is 0 Å². The molecular formula is C16H28N4. The van der Waals surface area contributed by atoms with E-state index in [9.17, 15) is 0 Å². The monoisotopic (exact) mass is 276 g/mol. The molecule has 0 aliphatic carbocycles. The molecule has 2 heterocycles. The number of nitrogens with two attached hydrogens (primary N) is 1. The third-order valence-electron chi connectivity index (χ3n) is 3.98. The molecule has 0 aromatic carbocycles. The van der Waals surface area contributed by atoms with Gasteiger partial charge < -0.3 is 10.6 Å². The summed E-state index contributed by atoms with van der Waals surface area (Å²) in [6.07, 6.45) is 0. The summed E-state index contributed by atoms with van der Waals surface area (Å²) in [5.41, 5.74) is 10.6. The Kier molecular flexibility index (Phi) is 5.00. The molecule has 1 aromatic heterocycles. The Morgan fingerprint density at radius 2 is 1.85 bits per heavy atom. The van der Waals surface area contributed by atoms with E-state index in [4.69, 9.17) is 5.73 Å². The second-order valence-electron chi connectivity index (χ2n) is 6.23. The molecule has 2 rings (SSSR count). The topological polar surface area (TPSA) is 45.4 Å². The minimum atomic E-state index is 0.570. The van der Waals surface area contributed by atoms with Gasteiger partial charge in [0.2, 0.25) is 0 Å². The summed E-state index contributed by atoms with van der Waals surface area (Å²) in [5, 5.41) is 0. The summed E-state index contributed by atoms with van der Waals surface area (Å²) in [7, 11) is 0. The third-order valence-corrected chi connectivity index (χ3v) is 3.98. The van der Waals surface area contributed by atoms with Crippen LogP contribution in [0.15, 0.2) is 6.07 Å². The van der Waals surface area contributed by atoms with Gasteiger partial charge in [0.1, 0.15) is 0 Å². The van der Waals surface area contributed by atoms with Crippen molar-refractivity contribution in [1.82, 2.24) is 9.88 Å². The van der Waals surface area contributed by atoms with E-state index >= 15 is 0 Å². The number of pyridine rings is 1. The van der Waals surface area contributed by atoms with E-state index in [1.165, 1.54) is 17.8 Å². The average molecular weight is 276 g/mol. The average Bonchev–Trinajstić information content (AvgIpc) is 2.38. The first-order valence-electron chi connectivity index (χ1n) is 7.65. The van der Waals surface area contributed by atoms with Crippen LogP contribution < -0.4 is 10.6 Å². The maximum absolute atomic E-state index is 5.92. The molecule has 1 saturated heterocycles. The van der Waals surface area contributed by atoms with E-state index in [0.717, 1.165) is 43.5 Å². The second-order valence-corrected chi connectivity index (χ2v) is 6.23. The number of aromatic nitrogens is 1. The number of rotatable bonds is 4. The number of anilines is 1. The summed E-state index contributed by atoms with van der Waals surface area (Å²) >= 11 is 0. The van der Waals surface area contributed by atoms with E-state index in [2.05, 4.69) is 48.5 Å². The van der Waals surface area contributed by atoms with Gasteiger partial charge in [0.05, 0.1) is 0 Å². The zero-order valence-electron chi connectivity index (χ0n) is 13.3. The molecule has 0 spiro atoms. The number of hydrogen-bond donors (Lipinski definition) is 1. The Bertz CT molecular complexity index is 448. The Hall–Kier alpha value is -1.13. The van der Waals surface area contributed by atoms with Crippen LogP contribution >= 0.6 is 0 Å². The van der Waals surface area contributed by atoms with Crippen LogP contribution in [-0.4, -0.2) is 42.6 Å². The van der Waals surface area contributed by atoms with Gasteiger partial charge in [-0.25, -0.2) is 0 Å². The Morgan fingerprint density at radius 1 is 1.20 bits per heavy atom. The molecule has 112 valence electrons. The van der Waals surface area contributed by atoms with Crippen LogP contribution in [0.4, 0.5) is 5.69 Å². The molecule has 0 atom stereocenters. The first kappa shape index (κ1) is 15.3. The highest BCUT2D eigenvalue weighted by Crippen LogP contribution is 2.25. The van der Waals surface area contributed by atoms with E-state index in [1.807, 2.05) is 0 Å². The standard InChI is InChI=1S/C16H28N4/c1-12(2)11-19-5-7-20(8-6-19)16-9-13(3)18-14(4)15(16)10-17/h9,12H,5-8,10-11,17H2,1-4H3. The third kappa shape index (κ3) is 3.49. The molecule has 0 amide bonds. The van der Waals surface area contributed by atoms with E-state index in [1.54, 1.807) is 0 Å². The molecule has 4 heteroatoms. The lowest BCUT2D eigenvalue weighted by Crippen LogP contribution is -2.47. The van der Waals surface area contributed by atoms with Crippen molar-refractivity contribution in [2.75, 3.05) is 37.6 Å². The fourth-order valence-electron chi connectivity index (χ4n) is 3.06. The zero-order chi connectivity index (χ0) is 14.7. The van der Waals surface area contributed by atoms with Crippen LogP contribution in [-0.2, 0) is 6.54 Å². The maximum Gasteiger partial charge on any atom is 0.0449 e. The molecule has 20 heavy (non-hydrogen) atoms. The van der Waals surface area contributed by atoms with Gasteiger partial charge >= 0.3 is 0 Å². The van der Waals surface area contributed by atoms with Crippen LogP contribution in [0, 0.1) is 19.8 Å². The van der Waals surface area contributed by atoms with Crippen LogP contribution in [0.1, 0.15) is 30.8 Å². The van der Waals surface area contributed by atoms with Gasteiger partial charge in [-0.3, -0.25) is 9.88 Å². The first-order valence-corrected chi connectivity index (χ1v) is 7.65. The molecule has 1 aliphatic heterocycles. The van der Waals surface area contributed by atoms with Crippen molar-refractivity contribution in [3.63, 3.8) is 0 Å². The van der Waals surface area contributed by atoms with E-state index in [-0.39, 0.29) is 0 Å². The van der Waals surface area contributed by atoms with Gasteiger partial charge in [0, 0.05) is 61.9 Å². The molecular weight excluding hydrogens is 248 g/mol. The summed E-state index contributed by atoms with van der Waals surface area (Å²) < 4.78 is 0. The predicted molar refractivity (Wildman–Crippen MR) is 85.1 cm³/mol.